The Labute approximate surface area is 209 Å². The van der Waals surface area contributed by atoms with Gasteiger partial charge < -0.3 is 9.30 Å². The molecule has 2 aromatic carbocycles. The molecule has 7 nitrogen and oxygen atoms in total. The second-order valence-electron chi connectivity index (χ2n) is 9.74. The van der Waals surface area contributed by atoms with Gasteiger partial charge in [0.05, 0.1) is 12.1 Å². The molecule has 3 aromatic rings. The molecule has 0 atom stereocenters. The van der Waals surface area contributed by atoms with Gasteiger partial charge in [-0.2, -0.15) is 9.59 Å². The van der Waals surface area contributed by atoms with Gasteiger partial charge in [-0.1, -0.05) is 29.8 Å². The number of rotatable bonds is 4. The number of likely N-dealkylation sites (tertiary alicyclic amines) is 1. The van der Waals surface area contributed by atoms with E-state index in [-0.39, 0.29) is 17.8 Å². The van der Waals surface area contributed by atoms with Gasteiger partial charge in [-0.15, -0.1) is 0 Å². The van der Waals surface area contributed by atoms with E-state index in [0.29, 0.717) is 12.6 Å². The third-order valence-electron chi connectivity index (χ3n) is 7.30. The molecular weight excluding hydrogens is 466 g/mol. The molecule has 35 heavy (non-hydrogen) atoms. The molecule has 3 aliphatic rings. The van der Waals surface area contributed by atoms with Crippen LogP contribution in [0.4, 0.5) is 10.5 Å². The molecule has 3 fully saturated rings. The van der Waals surface area contributed by atoms with Crippen molar-refractivity contribution in [1.29, 1.82) is 0 Å². The second kappa shape index (κ2) is 9.50. The Balaban J connectivity index is 0.000000806. The number of halogens is 1. The second-order valence-corrected chi connectivity index (χ2v) is 10.2. The average Bonchev–Trinajstić information content (AvgIpc) is 3.55. The van der Waals surface area contributed by atoms with Crippen molar-refractivity contribution in [2.75, 3.05) is 24.5 Å². The molecule has 0 unspecified atom stereocenters. The maximum Gasteiger partial charge on any atom is 0.415 e. The van der Waals surface area contributed by atoms with E-state index in [1.165, 1.54) is 34.9 Å². The lowest BCUT2D eigenvalue weighted by Gasteiger charge is -2.37. The average molecular weight is 494 g/mol. The van der Waals surface area contributed by atoms with Gasteiger partial charge in [-0.3, -0.25) is 9.80 Å². The third-order valence-corrected chi connectivity index (χ3v) is 7.52. The van der Waals surface area contributed by atoms with Gasteiger partial charge in [0.15, 0.2) is 0 Å². The van der Waals surface area contributed by atoms with Crippen LogP contribution in [0.25, 0.3) is 10.9 Å². The van der Waals surface area contributed by atoms with Crippen molar-refractivity contribution in [3.63, 3.8) is 0 Å². The van der Waals surface area contributed by atoms with E-state index in [1.54, 1.807) is 4.90 Å². The molecule has 1 aliphatic carbocycles. The number of benzene rings is 2. The number of fused-ring (bicyclic) bond motifs is 1. The number of anilines is 1. The number of amides is 1. The van der Waals surface area contributed by atoms with E-state index in [1.807, 2.05) is 30.3 Å². The van der Waals surface area contributed by atoms with Crippen molar-refractivity contribution in [1.82, 2.24) is 9.47 Å². The number of para-hydroxylation sites is 1. The minimum atomic E-state index is -0.370. The number of hydrogen-bond donors (Lipinski definition) is 0. The Morgan fingerprint density at radius 1 is 1.11 bits per heavy atom. The highest BCUT2D eigenvalue weighted by Crippen LogP contribution is 2.41. The zero-order valence-corrected chi connectivity index (χ0v) is 20.5. The first-order chi connectivity index (χ1) is 16.9. The SMILES string of the molecule is Cc1cc(Cl)cc2c(CN3CCC4(CC3)CN(c3ccccc3)C(=O)O4)cn(C3CC3)c12.O=C=O. The first-order valence-electron chi connectivity index (χ1n) is 12.0. The number of carbonyl (C=O) groups excluding carboxylic acids is 3. The van der Waals surface area contributed by atoms with E-state index in [9.17, 15) is 4.79 Å². The van der Waals surface area contributed by atoms with Crippen molar-refractivity contribution < 1.29 is 19.1 Å². The van der Waals surface area contributed by atoms with E-state index in [2.05, 4.69) is 34.7 Å². The Morgan fingerprint density at radius 3 is 2.46 bits per heavy atom. The summed E-state index contributed by atoms with van der Waals surface area (Å²) < 4.78 is 8.41. The fourth-order valence-corrected chi connectivity index (χ4v) is 5.71. The summed E-state index contributed by atoms with van der Waals surface area (Å²) in [5, 5.41) is 2.09. The first kappa shape index (κ1) is 23.6. The highest BCUT2D eigenvalue weighted by Gasteiger charge is 2.47. The molecule has 3 heterocycles. The molecular formula is C27H28ClN3O4. The van der Waals surface area contributed by atoms with Crippen LogP contribution in [0.15, 0.2) is 48.7 Å². The Bertz CT molecular complexity index is 1270. The van der Waals surface area contributed by atoms with Gasteiger partial charge in [0, 0.05) is 60.8 Å². The minimum absolute atomic E-state index is 0.220. The number of piperidine rings is 1. The highest BCUT2D eigenvalue weighted by atomic mass is 35.5. The lowest BCUT2D eigenvalue weighted by molar-refractivity contribution is -0.191. The first-order valence-corrected chi connectivity index (χ1v) is 12.4. The molecule has 0 radical (unpaired) electrons. The summed E-state index contributed by atoms with van der Waals surface area (Å²) in [6.45, 7) is 5.55. The fourth-order valence-electron chi connectivity index (χ4n) is 5.44. The van der Waals surface area contributed by atoms with Crippen LogP contribution in [0.2, 0.25) is 5.02 Å². The smallest absolute Gasteiger partial charge is 0.415 e. The Kier molecular flexibility index (Phi) is 6.41. The Hall–Kier alpha value is -3.12. The summed E-state index contributed by atoms with van der Waals surface area (Å²) in [7, 11) is 0. The molecule has 1 aromatic heterocycles. The summed E-state index contributed by atoms with van der Waals surface area (Å²) in [6.07, 6.45) is 6.64. The van der Waals surface area contributed by atoms with E-state index in [4.69, 9.17) is 25.9 Å². The molecule has 0 bridgehead atoms. The van der Waals surface area contributed by atoms with Crippen LogP contribution < -0.4 is 4.90 Å². The van der Waals surface area contributed by atoms with Crippen LogP contribution >= 0.6 is 11.6 Å². The molecule has 182 valence electrons. The van der Waals surface area contributed by atoms with Crippen LogP contribution in [-0.4, -0.2) is 46.9 Å². The number of nitrogens with zero attached hydrogens (tertiary/aromatic N) is 3. The standard InChI is InChI=1S/C26H28ClN3O2.CO2/c1-18-13-20(27)14-23-19(16-29(24(18)23)22-7-8-22)15-28-11-9-26(10-12-28)17-30(25(31)32-26)21-5-3-2-4-6-21;2-1-3/h2-6,13-14,16,22H,7-12,15,17H2,1H3;. The number of aryl methyl sites for hydroxylation is 1. The summed E-state index contributed by atoms with van der Waals surface area (Å²) in [4.78, 5) is 33.1. The van der Waals surface area contributed by atoms with E-state index >= 15 is 0 Å². The maximum atomic E-state index is 12.6. The number of hydrogen-bond acceptors (Lipinski definition) is 5. The normalized spacial score (nSPS) is 19.4. The Morgan fingerprint density at radius 2 is 1.80 bits per heavy atom. The summed E-state index contributed by atoms with van der Waals surface area (Å²) in [6, 6.07) is 14.7. The molecule has 2 aliphatic heterocycles. The minimum Gasteiger partial charge on any atom is -0.441 e. The zero-order valence-electron chi connectivity index (χ0n) is 19.7. The molecule has 1 spiro atoms. The van der Waals surface area contributed by atoms with Gasteiger partial charge in [-0.05, 0) is 55.2 Å². The number of carbonyl (C=O) groups is 1. The quantitative estimate of drug-likeness (QED) is 0.490. The van der Waals surface area contributed by atoms with Crippen LogP contribution in [0.5, 0.6) is 0 Å². The predicted molar refractivity (Wildman–Crippen MR) is 132 cm³/mol. The lowest BCUT2D eigenvalue weighted by Crippen LogP contribution is -2.46. The third kappa shape index (κ3) is 4.72. The van der Waals surface area contributed by atoms with Gasteiger partial charge in [-0.25, -0.2) is 4.79 Å². The zero-order chi connectivity index (χ0) is 24.6. The monoisotopic (exact) mass is 493 g/mol. The fraction of sp³-hybridized carbons (Fsp3) is 0.407. The van der Waals surface area contributed by atoms with Gasteiger partial charge >= 0.3 is 12.2 Å². The van der Waals surface area contributed by atoms with Crippen molar-refractivity contribution >= 4 is 40.4 Å². The summed E-state index contributed by atoms with van der Waals surface area (Å²) in [5.41, 5.74) is 4.48. The summed E-state index contributed by atoms with van der Waals surface area (Å²) in [5.74, 6) is 0. The summed E-state index contributed by atoms with van der Waals surface area (Å²) >= 11 is 6.43. The van der Waals surface area contributed by atoms with Crippen molar-refractivity contribution in [3.05, 3.63) is 64.8 Å². The van der Waals surface area contributed by atoms with Crippen molar-refractivity contribution in [3.8, 4) is 0 Å². The van der Waals surface area contributed by atoms with E-state index in [0.717, 1.165) is 43.2 Å². The molecule has 1 saturated carbocycles. The maximum absolute atomic E-state index is 12.6. The topological polar surface area (TPSA) is 71.8 Å². The number of aromatic nitrogens is 1. The van der Waals surface area contributed by atoms with Gasteiger partial charge in [0.25, 0.3) is 0 Å². The largest absolute Gasteiger partial charge is 0.441 e. The van der Waals surface area contributed by atoms with Crippen LogP contribution in [0.3, 0.4) is 0 Å². The lowest BCUT2D eigenvalue weighted by atomic mass is 9.91. The van der Waals surface area contributed by atoms with Crippen molar-refractivity contribution in [2.45, 2.75) is 50.8 Å². The predicted octanol–water partition coefficient (Wildman–Crippen LogP) is 5.35. The van der Waals surface area contributed by atoms with Crippen LogP contribution in [-0.2, 0) is 20.9 Å². The molecule has 6 rings (SSSR count). The molecule has 8 heteroatoms. The molecule has 1 amide bonds. The van der Waals surface area contributed by atoms with Gasteiger partial charge in [0.2, 0.25) is 0 Å². The molecule has 2 saturated heterocycles. The van der Waals surface area contributed by atoms with Crippen LogP contribution in [0, 0.1) is 6.92 Å². The molecule has 0 N–H and O–H groups in total. The van der Waals surface area contributed by atoms with Gasteiger partial charge in [0.1, 0.15) is 5.60 Å². The van der Waals surface area contributed by atoms with Crippen LogP contribution in [0.1, 0.15) is 42.9 Å². The van der Waals surface area contributed by atoms with E-state index < -0.39 is 0 Å². The highest BCUT2D eigenvalue weighted by molar-refractivity contribution is 6.31. The number of ether oxygens (including phenoxy) is 1. The van der Waals surface area contributed by atoms with Crippen molar-refractivity contribution in [2.24, 2.45) is 0 Å².